The van der Waals surface area contributed by atoms with Crippen molar-refractivity contribution in [1.82, 2.24) is 0 Å². The third-order valence-electron chi connectivity index (χ3n) is 0. The second-order valence-electron chi connectivity index (χ2n) is 0.429. The summed E-state index contributed by atoms with van der Waals surface area (Å²) in [7, 11) is 0. The molecule has 0 fully saturated rings. The molecule has 0 unspecified atom stereocenters. The van der Waals surface area contributed by atoms with Crippen LogP contribution in [0.4, 0.5) is 0 Å². The first-order chi connectivity index (χ1) is 2.00. The Labute approximate surface area is 58.6 Å². The Bertz CT molecular complexity index is 27.2. The van der Waals surface area contributed by atoms with Crippen LogP contribution in [0.2, 0.25) is 0 Å². The second-order valence-corrected chi connectivity index (χ2v) is 11.6. The van der Waals surface area contributed by atoms with E-state index in [1.165, 1.54) is 0 Å². The van der Waals surface area contributed by atoms with E-state index in [0.717, 1.165) is 0 Å². The van der Waals surface area contributed by atoms with Gasteiger partial charge in [-0.2, -0.15) is 0 Å². The monoisotopic (exact) mass is 185 g/mol. The molecule has 0 spiro atoms. The van der Waals surface area contributed by atoms with Crippen molar-refractivity contribution in [2.45, 2.75) is 7.43 Å². The molecule has 0 aromatic heterocycles. The third kappa shape index (κ3) is 54.3. The summed E-state index contributed by atoms with van der Waals surface area (Å²) >= 11 is 19.9. The summed E-state index contributed by atoms with van der Waals surface area (Å²) in [4.78, 5) is 0. The molecule has 0 aliphatic heterocycles. The van der Waals surface area contributed by atoms with Crippen molar-refractivity contribution in [2.75, 3.05) is 0 Å². The van der Waals surface area contributed by atoms with E-state index in [4.69, 9.17) is 44.3 Å². The van der Waals surface area contributed by atoms with Crippen molar-refractivity contribution < 1.29 is 1.43 Å². The normalized spacial score (nSPS) is 10.0. The van der Waals surface area contributed by atoms with Gasteiger partial charge in [-0.05, 0) is 0 Å². The lowest BCUT2D eigenvalue weighted by Gasteiger charge is -1.85. The van der Waals surface area contributed by atoms with E-state index in [1.54, 1.807) is 0 Å². The van der Waals surface area contributed by atoms with E-state index >= 15 is 0 Å². The first kappa shape index (κ1) is 10.4. The lowest BCUT2D eigenvalue weighted by Crippen LogP contribution is -1.91. The Kier molecular flexibility index (Phi) is 5.86. The van der Waals surface area contributed by atoms with Gasteiger partial charge < -0.3 is 0 Å². The number of hydrogen-bond donors (Lipinski definition) is 0. The Hall–Kier alpha value is 1.38. The fourth-order valence-electron chi connectivity index (χ4n) is 0. The van der Waals surface area contributed by atoms with E-state index in [0.29, 0.717) is 0 Å². The van der Waals surface area contributed by atoms with E-state index in [-0.39, 0.29) is 8.85 Å². The largest absolute Gasteiger partial charge is 1.00 e. The molecule has 40 valence electrons. The minimum absolute atomic E-state index is 0. The fourth-order valence-corrected chi connectivity index (χ4v) is 0. The number of halogens is 4. The maximum absolute atomic E-state index is 4.97. The van der Waals surface area contributed by atoms with Crippen molar-refractivity contribution in [1.29, 1.82) is 0 Å². The van der Waals surface area contributed by atoms with Crippen LogP contribution >= 0.6 is 44.3 Å². The lowest BCUT2D eigenvalue weighted by molar-refractivity contribution is 2.50. The van der Waals surface area contributed by atoms with Gasteiger partial charge in [-0.3, -0.25) is 0 Å². The van der Waals surface area contributed by atoms with Gasteiger partial charge in [0.1, 0.15) is 0 Å². The summed E-state index contributed by atoms with van der Waals surface area (Å²) in [6, 6.07) is 0. The molecule has 0 rings (SSSR count). The quantitative estimate of drug-likeness (QED) is 0.403. The zero-order valence-corrected chi connectivity index (χ0v) is 6.04. The highest BCUT2D eigenvalue weighted by molar-refractivity contribution is 7.81. The molecule has 0 amide bonds. The third-order valence-corrected chi connectivity index (χ3v) is 0. The zero-order valence-electron chi connectivity index (χ0n) is 3.01. The summed E-state index contributed by atoms with van der Waals surface area (Å²) in [6.07, 6.45) is 0. The smallest absolute Gasteiger partial charge is 0.110 e. The molecular formula is CH5Cl4Si+. The van der Waals surface area contributed by atoms with Crippen LogP contribution in [0, 0.1) is 0 Å². The van der Waals surface area contributed by atoms with Crippen molar-refractivity contribution in [2.24, 2.45) is 0 Å². The summed E-state index contributed by atoms with van der Waals surface area (Å²) in [6.45, 7) is 0. The Morgan fingerprint density at radius 1 is 1.00 bits per heavy atom. The maximum Gasteiger partial charge on any atom is 1.00 e. The van der Waals surface area contributed by atoms with Gasteiger partial charge in [0, 0.05) is 0 Å². The fraction of sp³-hybridized carbons (Fsp3) is 1.00. The van der Waals surface area contributed by atoms with Crippen molar-refractivity contribution in [3.05, 3.63) is 0 Å². The van der Waals surface area contributed by atoms with Gasteiger partial charge in [0.15, 0.2) is 0 Å². The summed E-state index contributed by atoms with van der Waals surface area (Å²) in [5, 5.41) is -2.72. The molecular weight excluding hydrogens is 182 g/mol. The predicted octanol–water partition coefficient (Wildman–Crippen LogP) is 3.13. The molecule has 0 aliphatic carbocycles. The molecule has 0 aromatic carbocycles. The molecule has 5 heteroatoms. The molecule has 0 saturated carbocycles. The molecule has 0 heterocycles. The Morgan fingerprint density at radius 3 is 1.00 bits per heavy atom. The molecule has 0 N–H and O–H groups in total. The average Bonchev–Trinajstić information content (AvgIpc) is 0.722. The minimum Gasteiger partial charge on any atom is -0.110 e. The average molecular weight is 187 g/mol. The Balaban J connectivity index is -0.0000000800. The molecule has 0 radical (unpaired) electrons. The van der Waals surface area contributed by atoms with Crippen LogP contribution in [-0.2, 0) is 0 Å². The van der Waals surface area contributed by atoms with E-state index < -0.39 is 5.31 Å². The van der Waals surface area contributed by atoms with E-state index in [1.807, 2.05) is 0 Å². The number of hydrogen-bond acceptors (Lipinski definition) is 0. The SMILES string of the molecule is C.Cl[Si](Cl)(Cl)Cl.[H+]. The van der Waals surface area contributed by atoms with Gasteiger partial charge in [-0.25, -0.2) is 0 Å². The lowest BCUT2D eigenvalue weighted by atomic mass is 12.0. The van der Waals surface area contributed by atoms with E-state index in [2.05, 4.69) is 0 Å². The highest BCUT2D eigenvalue weighted by Gasteiger charge is 2.19. The molecule has 0 aromatic rings. The highest BCUT2D eigenvalue weighted by Crippen LogP contribution is 2.23. The van der Waals surface area contributed by atoms with Crippen molar-refractivity contribution in [3.63, 3.8) is 0 Å². The van der Waals surface area contributed by atoms with Crippen molar-refractivity contribution >= 4 is 49.6 Å². The van der Waals surface area contributed by atoms with Gasteiger partial charge in [0.25, 0.3) is 0 Å². The van der Waals surface area contributed by atoms with Gasteiger partial charge in [0.2, 0.25) is 0 Å². The molecule has 0 aliphatic rings. The van der Waals surface area contributed by atoms with Gasteiger partial charge in [-0.1, -0.05) is 7.43 Å². The van der Waals surface area contributed by atoms with Crippen LogP contribution < -0.4 is 0 Å². The van der Waals surface area contributed by atoms with Crippen LogP contribution in [0.3, 0.4) is 0 Å². The predicted molar refractivity (Wildman–Crippen MR) is 37.0 cm³/mol. The van der Waals surface area contributed by atoms with Crippen LogP contribution in [-0.4, -0.2) is 5.31 Å². The molecule has 0 saturated heterocycles. The van der Waals surface area contributed by atoms with Crippen LogP contribution in [0.5, 0.6) is 0 Å². The summed E-state index contributed by atoms with van der Waals surface area (Å²) in [5.41, 5.74) is 0. The van der Waals surface area contributed by atoms with Gasteiger partial charge in [-0.15, -0.1) is 44.3 Å². The van der Waals surface area contributed by atoms with Crippen molar-refractivity contribution in [3.8, 4) is 0 Å². The molecule has 0 nitrogen and oxygen atoms in total. The standard InChI is InChI=1S/CH4.Cl4Si/c;1-5(2,3)4/h1H4;/p+1. The summed E-state index contributed by atoms with van der Waals surface area (Å²) in [5.74, 6) is 0. The minimum atomic E-state index is -2.72. The Morgan fingerprint density at radius 2 is 1.00 bits per heavy atom. The van der Waals surface area contributed by atoms with E-state index in [9.17, 15) is 0 Å². The topological polar surface area (TPSA) is 0 Å². The van der Waals surface area contributed by atoms with Crippen LogP contribution in [0.1, 0.15) is 8.85 Å². The van der Waals surface area contributed by atoms with Crippen LogP contribution in [0.15, 0.2) is 0 Å². The van der Waals surface area contributed by atoms with Gasteiger partial charge >= 0.3 is 6.74 Å². The number of rotatable bonds is 0. The first-order valence-corrected chi connectivity index (χ1v) is 6.80. The summed E-state index contributed by atoms with van der Waals surface area (Å²) < 4.78 is 0. The highest BCUT2D eigenvalue weighted by atomic mass is 36.0. The molecule has 0 atom stereocenters. The maximum atomic E-state index is 4.97. The second kappa shape index (κ2) is 3.39. The first-order valence-electron chi connectivity index (χ1n) is 0.756. The molecule has 0 bridgehead atoms. The van der Waals surface area contributed by atoms with Gasteiger partial charge in [0.05, 0.1) is 0 Å². The molecule has 6 heavy (non-hydrogen) atoms. The zero-order chi connectivity index (χ0) is 4.50. The van der Waals surface area contributed by atoms with Crippen LogP contribution in [0.25, 0.3) is 0 Å².